The van der Waals surface area contributed by atoms with Crippen molar-refractivity contribution in [3.63, 3.8) is 0 Å². The summed E-state index contributed by atoms with van der Waals surface area (Å²) in [6.45, 7) is 0.133. The van der Waals surface area contributed by atoms with Crippen LogP contribution in [0, 0.1) is 0 Å². The quantitative estimate of drug-likeness (QED) is 0.129. The molecule has 1 atom stereocenters. The summed E-state index contributed by atoms with van der Waals surface area (Å²) in [6.07, 6.45) is 1.25. The van der Waals surface area contributed by atoms with Gasteiger partial charge in [-0.1, -0.05) is 18.2 Å². The first-order valence-electron chi connectivity index (χ1n) is 12.0. The number of hydrogen-bond acceptors (Lipinski definition) is 9. The van der Waals surface area contributed by atoms with Crippen molar-refractivity contribution in [3.05, 3.63) is 71.3 Å². The maximum atomic E-state index is 12.8. The molecule has 12 nitrogen and oxygen atoms in total. The lowest BCUT2D eigenvalue weighted by molar-refractivity contribution is 0.0902. The number of amides is 3. The zero-order chi connectivity index (χ0) is 28.5. The van der Waals surface area contributed by atoms with E-state index in [2.05, 4.69) is 16.0 Å². The van der Waals surface area contributed by atoms with E-state index in [0.717, 1.165) is 0 Å². The Balaban J connectivity index is 1.61. The Labute approximate surface area is 223 Å². The lowest BCUT2D eigenvalue weighted by Gasteiger charge is -2.20. The number of carbonyl (C=O) groups excluding carboxylic acids is 3. The lowest BCUT2D eigenvalue weighted by Crippen LogP contribution is -2.43. The molecule has 12 heteroatoms. The minimum Gasteiger partial charge on any atom is -0.504 e. The summed E-state index contributed by atoms with van der Waals surface area (Å²) in [6, 6.07) is 11.2. The van der Waals surface area contributed by atoms with E-state index in [9.17, 15) is 45.0 Å². The maximum Gasteiger partial charge on any atom is 0.255 e. The van der Waals surface area contributed by atoms with Crippen LogP contribution in [-0.2, 0) is 0 Å². The number of aromatic hydroxyl groups is 6. The number of benzene rings is 3. The smallest absolute Gasteiger partial charge is 0.255 e. The highest BCUT2D eigenvalue weighted by Gasteiger charge is 2.20. The van der Waals surface area contributed by atoms with Crippen LogP contribution in [0.5, 0.6) is 34.5 Å². The summed E-state index contributed by atoms with van der Waals surface area (Å²) in [5.41, 5.74) is -0.414. The summed E-state index contributed by atoms with van der Waals surface area (Å²) in [5.74, 6) is -5.04. The zero-order valence-electron chi connectivity index (χ0n) is 20.7. The summed E-state index contributed by atoms with van der Waals surface area (Å²) >= 11 is 0. The molecule has 206 valence electrons. The van der Waals surface area contributed by atoms with Gasteiger partial charge in [0.2, 0.25) is 0 Å². The number of para-hydroxylation sites is 3. The third kappa shape index (κ3) is 7.22. The summed E-state index contributed by atoms with van der Waals surface area (Å²) in [5, 5.41) is 66.6. The first kappa shape index (κ1) is 28.4. The van der Waals surface area contributed by atoms with Crippen molar-refractivity contribution in [2.75, 3.05) is 13.1 Å². The second-order valence-electron chi connectivity index (χ2n) is 8.65. The van der Waals surface area contributed by atoms with Crippen molar-refractivity contribution < 1.29 is 45.0 Å². The molecule has 0 heterocycles. The van der Waals surface area contributed by atoms with Gasteiger partial charge in [0.15, 0.2) is 34.5 Å². The predicted octanol–water partition coefficient (Wildman–Crippen LogP) is 2.05. The van der Waals surface area contributed by atoms with E-state index in [1.54, 1.807) is 0 Å². The topological polar surface area (TPSA) is 209 Å². The molecule has 0 spiro atoms. The second kappa shape index (κ2) is 12.9. The Morgan fingerprint density at radius 1 is 0.590 bits per heavy atom. The minimum atomic E-state index is -0.699. The van der Waals surface area contributed by atoms with Gasteiger partial charge in [0.25, 0.3) is 17.7 Å². The number of carbonyl (C=O) groups is 3. The predicted molar refractivity (Wildman–Crippen MR) is 139 cm³/mol. The average Bonchev–Trinajstić information content (AvgIpc) is 2.91. The van der Waals surface area contributed by atoms with Crippen LogP contribution in [0.4, 0.5) is 0 Å². The van der Waals surface area contributed by atoms with Gasteiger partial charge < -0.3 is 46.6 Å². The van der Waals surface area contributed by atoms with Crippen LogP contribution in [0.3, 0.4) is 0 Å². The Morgan fingerprint density at radius 2 is 1.03 bits per heavy atom. The van der Waals surface area contributed by atoms with Gasteiger partial charge in [0.05, 0.1) is 16.7 Å². The van der Waals surface area contributed by atoms with Crippen LogP contribution in [0.25, 0.3) is 0 Å². The Hall–Kier alpha value is -5.13. The SMILES string of the molecule is O=C(NCCCC[C@@H](CNC(=O)c1cccc(O)c1O)NC(=O)c1cccc(O)c1O)c1cccc(O)c1O. The van der Waals surface area contributed by atoms with Crippen LogP contribution in [0.15, 0.2) is 54.6 Å². The molecule has 0 aliphatic rings. The van der Waals surface area contributed by atoms with Crippen molar-refractivity contribution in [2.24, 2.45) is 0 Å². The van der Waals surface area contributed by atoms with E-state index in [1.807, 2.05) is 0 Å². The van der Waals surface area contributed by atoms with E-state index in [1.165, 1.54) is 54.6 Å². The van der Waals surface area contributed by atoms with Crippen LogP contribution >= 0.6 is 0 Å². The van der Waals surface area contributed by atoms with Crippen molar-refractivity contribution >= 4 is 17.7 Å². The van der Waals surface area contributed by atoms with Crippen LogP contribution in [0.1, 0.15) is 50.3 Å². The number of nitrogens with one attached hydrogen (secondary N) is 3. The standard InChI is InChI=1S/C27H29N3O9/c31-19-10-3-7-16(22(19)34)25(37)28-13-2-1-6-15(30-27(39)18-9-5-12-21(33)24(18)36)14-29-26(38)17-8-4-11-20(32)23(17)35/h3-5,7-12,15,31-36H,1-2,6,13-14H2,(H,28,37)(H,29,38)(H,30,39)/t15-/m0/s1. The van der Waals surface area contributed by atoms with E-state index in [-0.39, 0.29) is 29.8 Å². The molecule has 0 aliphatic heterocycles. The maximum absolute atomic E-state index is 12.8. The number of hydrogen-bond donors (Lipinski definition) is 9. The Bertz CT molecular complexity index is 1360. The van der Waals surface area contributed by atoms with Gasteiger partial charge in [-0.25, -0.2) is 0 Å². The van der Waals surface area contributed by atoms with Gasteiger partial charge in [-0.15, -0.1) is 0 Å². The van der Waals surface area contributed by atoms with Gasteiger partial charge in [0, 0.05) is 19.1 Å². The molecule has 3 rings (SSSR count). The normalized spacial score (nSPS) is 11.4. The van der Waals surface area contributed by atoms with E-state index in [4.69, 9.17) is 0 Å². The molecule has 0 unspecified atom stereocenters. The Kier molecular flexibility index (Phi) is 9.41. The van der Waals surface area contributed by atoms with Gasteiger partial charge in [-0.3, -0.25) is 14.4 Å². The molecule has 9 N–H and O–H groups in total. The van der Waals surface area contributed by atoms with Gasteiger partial charge >= 0.3 is 0 Å². The van der Waals surface area contributed by atoms with Crippen LogP contribution < -0.4 is 16.0 Å². The molecule has 0 aromatic heterocycles. The largest absolute Gasteiger partial charge is 0.504 e. The molecule has 0 bridgehead atoms. The second-order valence-corrected chi connectivity index (χ2v) is 8.65. The third-order valence-corrected chi connectivity index (χ3v) is 5.89. The number of phenols is 6. The molecule has 3 aromatic rings. The molecular weight excluding hydrogens is 510 g/mol. The molecule has 0 fully saturated rings. The fourth-order valence-corrected chi connectivity index (χ4v) is 3.76. The van der Waals surface area contributed by atoms with Crippen molar-refractivity contribution in [1.82, 2.24) is 16.0 Å². The molecular formula is C27H29N3O9. The highest BCUT2D eigenvalue weighted by atomic mass is 16.3. The zero-order valence-corrected chi connectivity index (χ0v) is 20.7. The number of rotatable bonds is 11. The monoisotopic (exact) mass is 539 g/mol. The highest BCUT2D eigenvalue weighted by Crippen LogP contribution is 2.30. The molecule has 0 saturated heterocycles. The molecule has 0 saturated carbocycles. The van der Waals surface area contributed by atoms with Crippen molar-refractivity contribution in [1.29, 1.82) is 0 Å². The summed E-state index contributed by atoms with van der Waals surface area (Å²) < 4.78 is 0. The Morgan fingerprint density at radius 3 is 1.51 bits per heavy atom. The lowest BCUT2D eigenvalue weighted by atomic mass is 10.1. The van der Waals surface area contributed by atoms with Crippen LogP contribution in [-0.4, -0.2) is 67.5 Å². The average molecular weight is 540 g/mol. The fraction of sp³-hybridized carbons (Fsp3) is 0.222. The molecule has 3 amide bonds. The first-order chi connectivity index (χ1) is 18.6. The molecule has 0 radical (unpaired) electrons. The van der Waals surface area contributed by atoms with E-state index < -0.39 is 58.3 Å². The number of phenolic OH excluding ortho intramolecular Hbond substituents is 6. The van der Waals surface area contributed by atoms with E-state index >= 15 is 0 Å². The number of unbranched alkanes of at least 4 members (excludes halogenated alkanes) is 1. The third-order valence-electron chi connectivity index (χ3n) is 5.89. The minimum absolute atomic E-state index is 0.0797. The fourth-order valence-electron chi connectivity index (χ4n) is 3.76. The van der Waals surface area contributed by atoms with Crippen LogP contribution in [0.2, 0.25) is 0 Å². The first-order valence-corrected chi connectivity index (χ1v) is 12.0. The van der Waals surface area contributed by atoms with Gasteiger partial charge in [-0.2, -0.15) is 0 Å². The van der Waals surface area contributed by atoms with E-state index in [0.29, 0.717) is 19.3 Å². The molecule has 0 aliphatic carbocycles. The highest BCUT2D eigenvalue weighted by molar-refractivity contribution is 5.99. The van der Waals surface area contributed by atoms with Gasteiger partial charge in [0.1, 0.15) is 0 Å². The summed E-state index contributed by atoms with van der Waals surface area (Å²) in [4.78, 5) is 37.6. The summed E-state index contributed by atoms with van der Waals surface area (Å²) in [7, 11) is 0. The van der Waals surface area contributed by atoms with Crippen molar-refractivity contribution in [3.8, 4) is 34.5 Å². The molecule has 39 heavy (non-hydrogen) atoms. The van der Waals surface area contributed by atoms with Gasteiger partial charge in [-0.05, 0) is 55.7 Å². The molecule has 3 aromatic carbocycles. The van der Waals surface area contributed by atoms with Crippen molar-refractivity contribution in [2.45, 2.75) is 25.3 Å².